The SMILES string of the molecule is CCCCCCCCCCC[n+]1ccn(-c2ccc([N+](=O)[O-])cc2OC)c1. The van der Waals surface area contributed by atoms with Crippen molar-refractivity contribution in [2.24, 2.45) is 0 Å². The summed E-state index contributed by atoms with van der Waals surface area (Å²) < 4.78 is 9.42. The molecule has 0 bridgehead atoms. The van der Waals surface area contributed by atoms with Gasteiger partial charge in [-0.2, -0.15) is 4.57 Å². The van der Waals surface area contributed by atoms with Crippen LogP contribution in [-0.2, 0) is 6.54 Å². The zero-order valence-electron chi connectivity index (χ0n) is 16.6. The van der Waals surface area contributed by atoms with Crippen LogP contribution in [0.4, 0.5) is 5.69 Å². The Balaban J connectivity index is 1.79. The summed E-state index contributed by atoms with van der Waals surface area (Å²) >= 11 is 0. The normalized spacial score (nSPS) is 10.9. The Morgan fingerprint density at radius 3 is 2.37 bits per heavy atom. The molecule has 0 aliphatic carbocycles. The van der Waals surface area contributed by atoms with Crippen molar-refractivity contribution in [3.05, 3.63) is 47.0 Å². The molecule has 1 aromatic carbocycles. The molecule has 6 nitrogen and oxygen atoms in total. The largest absolute Gasteiger partial charge is 0.492 e. The van der Waals surface area contributed by atoms with Crippen LogP contribution in [0.25, 0.3) is 5.69 Å². The van der Waals surface area contributed by atoms with Crippen molar-refractivity contribution in [3.63, 3.8) is 0 Å². The molecule has 2 aromatic rings. The van der Waals surface area contributed by atoms with Crippen LogP contribution in [0.5, 0.6) is 5.75 Å². The summed E-state index contributed by atoms with van der Waals surface area (Å²) in [4.78, 5) is 10.5. The van der Waals surface area contributed by atoms with E-state index in [1.165, 1.54) is 77.0 Å². The number of nitrogens with zero attached hydrogens (tertiary/aromatic N) is 3. The van der Waals surface area contributed by atoms with Crippen molar-refractivity contribution in [2.45, 2.75) is 71.3 Å². The van der Waals surface area contributed by atoms with Crippen LogP contribution in [0.15, 0.2) is 36.9 Å². The maximum atomic E-state index is 10.9. The van der Waals surface area contributed by atoms with Gasteiger partial charge in [0.25, 0.3) is 5.69 Å². The van der Waals surface area contributed by atoms with Crippen LogP contribution in [0.3, 0.4) is 0 Å². The highest BCUT2D eigenvalue weighted by Crippen LogP contribution is 2.27. The number of aromatic nitrogens is 2. The number of unbranched alkanes of at least 4 members (excludes halogenated alkanes) is 8. The molecule has 6 heteroatoms. The Morgan fingerprint density at radius 1 is 1.07 bits per heavy atom. The van der Waals surface area contributed by atoms with Gasteiger partial charge in [-0.1, -0.05) is 51.9 Å². The summed E-state index contributed by atoms with van der Waals surface area (Å²) in [5.74, 6) is 0.495. The van der Waals surface area contributed by atoms with E-state index in [0.29, 0.717) is 5.75 Å². The summed E-state index contributed by atoms with van der Waals surface area (Å²) in [6, 6.07) is 4.68. The van der Waals surface area contributed by atoms with Gasteiger partial charge >= 0.3 is 0 Å². The number of nitro groups is 1. The molecular formula is C21H32N3O3+. The monoisotopic (exact) mass is 374 g/mol. The molecule has 0 unspecified atom stereocenters. The Labute approximate surface area is 161 Å². The van der Waals surface area contributed by atoms with Crippen molar-refractivity contribution in [1.29, 1.82) is 0 Å². The standard InChI is InChI=1S/C21H32N3O3/c1-3-4-5-6-7-8-9-10-11-14-22-15-16-23(18-22)20-13-12-19(24(25)26)17-21(20)27-2/h12-13,15-18H,3-11,14H2,1-2H3/q+1. The van der Waals surface area contributed by atoms with E-state index >= 15 is 0 Å². The number of rotatable bonds is 13. The number of imidazole rings is 1. The Bertz CT molecular complexity index is 712. The molecule has 2 rings (SSSR count). The molecule has 0 N–H and O–H groups in total. The molecule has 27 heavy (non-hydrogen) atoms. The highest BCUT2D eigenvalue weighted by Gasteiger charge is 2.16. The Kier molecular flexibility index (Phi) is 8.81. The minimum absolute atomic E-state index is 0.0327. The molecule has 0 aliphatic rings. The number of hydrogen-bond acceptors (Lipinski definition) is 3. The first kappa shape index (κ1) is 20.9. The lowest BCUT2D eigenvalue weighted by Gasteiger charge is -2.04. The smallest absolute Gasteiger partial charge is 0.273 e. The van der Waals surface area contributed by atoms with Gasteiger partial charge in [0.1, 0.15) is 12.4 Å². The fourth-order valence-corrected chi connectivity index (χ4v) is 3.27. The first-order valence-corrected chi connectivity index (χ1v) is 10.1. The second-order valence-electron chi connectivity index (χ2n) is 7.00. The van der Waals surface area contributed by atoms with E-state index in [1.807, 2.05) is 23.3 Å². The lowest BCUT2D eigenvalue weighted by molar-refractivity contribution is -0.696. The van der Waals surface area contributed by atoms with E-state index in [0.717, 1.165) is 12.2 Å². The molecule has 1 aromatic heterocycles. The third-order valence-electron chi connectivity index (χ3n) is 4.86. The van der Waals surface area contributed by atoms with Gasteiger partial charge in [0.05, 0.1) is 24.6 Å². The summed E-state index contributed by atoms with van der Waals surface area (Å²) in [7, 11) is 1.53. The summed E-state index contributed by atoms with van der Waals surface area (Å²) in [6.45, 7) is 3.24. The lowest BCUT2D eigenvalue weighted by Crippen LogP contribution is -2.30. The lowest BCUT2D eigenvalue weighted by atomic mass is 10.1. The van der Waals surface area contributed by atoms with Gasteiger partial charge in [0, 0.05) is 6.07 Å². The van der Waals surface area contributed by atoms with E-state index < -0.39 is 4.92 Å². The van der Waals surface area contributed by atoms with Crippen molar-refractivity contribution in [2.75, 3.05) is 7.11 Å². The van der Waals surface area contributed by atoms with Crippen LogP contribution in [0.1, 0.15) is 64.7 Å². The molecule has 0 radical (unpaired) electrons. The number of hydrogen-bond donors (Lipinski definition) is 0. The topological polar surface area (TPSA) is 61.2 Å². The second kappa shape index (κ2) is 11.4. The maximum absolute atomic E-state index is 10.9. The fraction of sp³-hybridized carbons (Fsp3) is 0.571. The van der Waals surface area contributed by atoms with Gasteiger partial charge in [0.2, 0.25) is 6.33 Å². The Hall–Kier alpha value is -2.37. The van der Waals surface area contributed by atoms with Crippen molar-refractivity contribution >= 4 is 5.69 Å². The van der Waals surface area contributed by atoms with Crippen LogP contribution >= 0.6 is 0 Å². The number of benzene rings is 1. The number of non-ortho nitro benzene ring substituents is 1. The van der Waals surface area contributed by atoms with Crippen molar-refractivity contribution in [1.82, 2.24) is 4.57 Å². The van der Waals surface area contributed by atoms with Crippen LogP contribution in [0, 0.1) is 10.1 Å². The zero-order chi connectivity index (χ0) is 19.5. The van der Waals surface area contributed by atoms with Gasteiger partial charge in [-0.15, -0.1) is 0 Å². The Morgan fingerprint density at radius 2 is 1.74 bits per heavy atom. The summed E-state index contributed by atoms with van der Waals surface area (Å²) in [5.41, 5.74) is 0.833. The van der Waals surface area contributed by atoms with Gasteiger partial charge in [0.15, 0.2) is 11.4 Å². The quantitative estimate of drug-likeness (QED) is 0.209. The number of ether oxygens (including phenoxy) is 1. The third-order valence-corrected chi connectivity index (χ3v) is 4.86. The highest BCUT2D eigenvalue weighted by atomic mass is 16.6. The van der Waals surface area contributed by atoms with Crippen LogP contribution in [-0.4, -0.2) is 16.6 Å². The molecule has 0 fully saturated rings. The maximum Gasteiger partial charge on any atom is 0.273 e. The van der Waals surface area contributed by atoms with Gasteiger partial charge in [-0.25, -0.2) is 4.57 Å². The molecular weight excluding hydrogens is 342 g/mol. The number of aryl methyl sites for hydroxylation is 1. The molecule has 0 spiro atoms. The molecule has 0 aliphatic heterocycles. The van der Waals surface area contributed by atoms with E-state index in [9.17, 15) is 10.1 Å². The zero-order valence-corrected chi connectivity index (χ0v) is 16.6. The fourth-order valence-electron chi connectivity index (χ4n) is 3.27. The third kappa shape index (κ3) is 6.70. The molecule has 0 saturated carbocycles. The van der Waals surface area contributed by atoms with E-state index in [-0.39, 0.29) is 5.69 Å². The van der Waals surface area contributed by atoms with E-state index in [4.69, 9.17) is 4.74 Å². The van der Waals surface area contributed by atoms with E-state index in [1.54, 1.807) is 6.07 Å². The van der Waals surface area contributed by atoms with Crippen LogP contribution in [0.2, 0.25) is 0 Å². The molecule has 148 valence electrons. The number of nitro benzene ring substituents is 1. The van der Waals surface area contributed by atoms with E-state index in [2.05, 4.69) is 11.5 Å². The predicted molar refractivity (Wildman–Crippen MR) is 106 cm³/mol. The molecule has 0 saturated heterocycles. The first-order valence-electron chi connectivity index (χ1n) is 10.1. The van der Waals surface area contributed by atoms with Gasteiger partial charge in [-0.3, -0.25) is 10.1 Å². The van der Waals surface area contributed by atoms with Crippen molar-refractivity contribution in [3.8, 4) is 11.4 Å². The summed E-state index contributed by atoms with van der Waals surface area (Å²) in [5, 5.41) is 10.9. The first-order chi connectivity index (χ1) is 13.2. The summed E-state index contributed by atoms with van der Waals surface area (Å²) in [6.07, 6.45) is 17.9. The minimum atomic E-state index is -0.411. The number of methoxy groups -OCH3 is 1. The van der Waals surface area contributed by atoms with Crippen LogP contribution < -0.4 is 9.30 Å². The second-order valence-corrected chi connectivity index (χ2v) is 7.00. The average Bonchev–Trinajstić information content (AvgIpc) is 3.14. The minimum Gasteiger partial charge on any atom is -0.492 e. The molecule has 0 atom stereocenters. The predicted octanol–water partition coefficient (Wildman–Crippen LogP) is 5.21. The van der Waals surface area contributed by atoms with Gasteiger partial charge < -0.3 is 4.74 Å². The van der Waals surface area contributed by atoms with Gasteiger partial charge in [-0.05, 0) is 18.9 Å². The average molecular weight is 375 g/mol. The highest BCUT2D eigenvalue weighted by molar-refractivity contribution is 5.53. The molecule has 1 heterocycles. The van der Waals surface area contributed by atoms with Crippen molar-refractivity contribution < 1.29 is 14.2 Å². The molecule has 0 amide bonds.